The van der Waals surface area contributed by atoms with Gasteiger partial charge in [-0.15, -0.1) is 0 Å². The summed E-state index contributed by atoms with van der Waals surface area (Å²) in [5, 5.41) is 1.18. The van der Waals surface area contributed by atoms with Crippen LogP contribution in [0.4, 0.5) is 0 Å². The Hall–Kier alpha value is -0.280. The molecule has 0 amide bonds. The van der Waals surface area contributed by atoms with E-state index in [0.29, 0.717) is 21.9 Å². The molecule has 0 radical (unpaired) electrons. The summed E-state index contributed by atoms with van der Waals surface area (Å²) >= 11 is 11.9. The van der Waals surface area contributed by atoms with Crippen LogP contribution in [0.3, 0.4) is 0 Å². The van der Waals surface area contributed by atoms with Crippen LogP contribution in [0.1, 0.15) is 26.3 Å². The molecule has 0 fully saturated rings. The molecule has 2 unspecified atom stereocenters. The molecule has 0 spiro atoms. The average molecular weight is 275 g/mol. The van der Waals surface area contributed by atoms with E-state index in [1.807, 2.05) is 18.2 Å². The Morgan fingerprint density at radius 1 is 1.18 bits per heavy atom. The van der Waals surface area contributed by atoms with Crippen LogP contribution in [0, 0.1) is 11.8 Å². The molecule has 1 aromatic rings. The quantitative estimate of drug-likeness (QED) is 0.635. The van der Waals surface area contributed by atoms with Crippen LogP contribution in [0.5, 0.6) is 0 Å². The van der Waals surface area contributed by atoms with Crippen molar-refractivity contribution in [3.05, 3.63) is 33.8 Å². The zero-order valence-corrected chi connectivity index (χ0v) is 12.0. The van der Waals surface area contributed by atoms with Gasteiger partial charge in [0, 0.05) is 6.04 Å². The lowest BCUT2D eigenvalue weighted by Crippen LogP contribution is -2.43. The second-order valence-electron chi connectivity index (χ2n) is 4.83. The van der Waals surface area contributed by atoms with E-state index in [9.17, 15) is 0 Å². The number of nitrogens with one attached hydrogen (secondary N) is 1. The normalized spacial score (nSPS) is 15.0. The maximum atomic E-state index is 6.00. The summed E-state index contributed by atoms with van der Waals surface area (Å²) in [5.74, 6) is 6.70. The first-order chi connectivity index (χ1) is 7.95. The van der Waals surface area contributed by atoms with Gasteiger partial charge < -0.3 is 0 Å². The Labute approximate surface area is 113 Å². The molecule has 2 atom stereocenters. The van der Waals surface area contributed by atoms with Crippen molar-refractivity contribution in [1.29, 1.82) is 0 Å². The molecule has 2 nitrogen and oxygen atoms in total. The first-order valence-electron chi connectivity index (χ1n) is 5.85. The van der Waals surface area contributed by atoms with Gasteiger partial charge in [0.05, 0.1) is 10.0 Å². The monoisotopic (exact) mass is 274 g/mol. The van der Waals surface area contributed by atoms with Crippen LogP contribution in [-0.4, -0.2) is 6.04 Å². The van der Waals surface area contributed by atoms with Crippen molar-refractivity contribution in [2.45, 2.75) is 33.2 Å². The molecule has 0 bridgehead atoms. The van der Waals surface area contributed by atoms with E-state index in [1.54, 1.807) is 0 Å². The van der Waals surface area contributed by atoms with Gasteiger partial charge >= 0.3 is 0 Å². The molecular weight excluding hydrogens is 255 g/mol. The molecule has 0 aliphatic heterocycles. The second kappa shape index (κ2) is 6.60. The summed E-state index contributed by atoms with van der Waals surface area (Å²) in [7, 11) is 0. The Bertz CT molecular complexity index is 366. The number of hydrogen-bond acceptors (Lipinski definition) is 2. The fourth-order valence-electron chi connectivity index (χ4n) is 1.78. The predicted molar refractivity (Wildman–Crippen MR) is 75.3 cm³/mol. The van der Waals surface area contributed by atoms with Crippen LogP contribution in [-0.2, 0) is 6.42 Å². The maximum absolute atomic E-state index is 6.00. The lowest BCUT2D eigenvalue weighted by atomic mass is 9.87. The number of hydrogen-bond donors (Lipinski definition) is 2. The van der Waals surface area contributed by atoms with Gasteiger partial charge in [-0.2, -0.15) is 0 Å². The molecule has 0 aliphatic rings. The van der Waals surface area contributed by atoms with Crippen molar-refractivity contribution in [3.63, 3.8) is 0 Å². The third-order valence-electron chi connectivity index (χ3n) is 3.34. The van der Waals surface area contributed by atoms with E-state index < -0.39 is 0 Å². The summed E-state index contributed by atoms with van der Waals surface area (Å²) in [5.41, 5.74) is 4.04. The molecular formula is C13H20Cl2N2. The minimum Gasteiger partial charge on any atom is -0.271 e. The van der Waals surface area contributed by atoms with Crippen LogP contribution >= 0.6 is 23.2 Å². The number of rotatable bonds is 5. The van der Waals surface area contributed by atoms with E-state index in [-0.39, 0.29) is 6.04 Å². The van der Waals surface area contributed by atoms with Gasteiger partial charge in [-0.25, -0.2) is 0 Å². The lowest BCUT2D eigenvalue weighted by molar-refractivity contribution is 0.299. The molecule has 4 heteroatoms. The zero-order chi connectivity index (χ0) is 13.0. The summed E-state index contributed by atoms with van der Waals surface area (Å²) in [6.07, 6.45) is 0.854. The molecule has 96 valence electrons. The number of benzene rings is 1. The molecule has 0 aliphatic carbocycles. The van der Waals surface area contributed by atoms with Crippen LogP contribution in [0.2, 0.25) is 10.0 Å². The topological polar surface area (TPSA) is 38.0 Å². The van der Waals surface area contributed by atoms with Crippen LogP contribution in [0.25, 0.3) is 0 Å². The minimum absolute atomic E-state index is 0.243. The first kappa shape index (κ1) is 14.8. The van der Waals surface area contributed by atoms with Gasteiger partial charge in [-0.1, -0.05) is 50.0 Å². The Balaban J connectivity index is 2.77. The van der Waals surface area contributed by atoms with Crippen molar-refractivity contribution in [2.75, 3.05) is 0 Å². The standard InChI is InChI=1S/C13H20Cl2N2/c1-8(2)9(3)13(17-16)7-10-4-5-11(14)12(15)6-10/h4-6,8-9,13,17H,7,16H2,1-3H3. The Morgan fingerprint density at radius 2 is 1.82 bits per heavy atom. The summed E-state index contributed by atoms with van der Waals surface area (Å²) < 4.78 is 0. The third kappa shape index (κ3) is 4.14. The van der Waals surface area contributed by atoms with Gasteiger partial charge in [0.1, 0.15) is 0 Å². The summed E-state index contributed by atoms with van der Waals surface area (Å²) in [6, 6.07) is 5.96. The van der Waals surface area contributed by atoms with E-state index in [2.05, 4.69) is 26.2 Å². The fraction of sp³-hybridized carbons (Fsp3) is 0.538. The van der Waals surface area contributed by atoms with Crippen LogP contribution in [0.15, 0.2) is 18.2 Å². The molecule has 1 rings (SSSR count). The Kier molecular flexibility index (Phi) is 5.74. The molecule has 17 heavy (non-hydrogen) atoms. The number of halogens is 2. The number of hydrazine groups is 1. The van der Waals surface area contributed by atoms with Crippen molar-refractivity contribution in [2.24, 2.45) is 17.7 Å². The van der Waals surface area contributed by atoms with Crippen molar-refractivity contribution >= 4 is 23.2 Å². The molecule has 0 aromatic heterocycles. The third-order valence-corrected chi connectivity index (χ3v) is 4.08. The molecule has 3 N–H and O–H groups in total. The Morgan fingerprint density at radius 3 is 2.29 bits per heavy atom. The van der Waals surface area contributed by atoms with Gasteiger partial charge in [0.15, 0.2) is 0 Å². The molecule has 0 heterocycles. The van der Waals surface area contributed by atoms with E-state index in [4.69, 9.17) is 29.0 Å². The SMILES string of the molecule is CC(C)C(C)C(Cc1ccc(Cl)c(Cl)c1)NN. The van der Waals surface area contributed by atoms with Crippen molar-refractivity contribution < 1.29 is 0 Å². The number of nitrogens with two attached hydrogens (primary N) is 1. The van der Waals surface area contributed by atoms with Crippen LogP contribution < -0.4 is 11.3 Å². The highest BCUT2D eigenvalue weighted by Crippen LogP contribution is 2.24. The van der Waals surface area contributed by atoms with E-state index in [1.165, 1.54) is 0 Å². The van der Waals surface area contributed by atoms with E-state index in [0.717, 1.165) is 12.0 Å². The highest BCUT2D eigenvalue weighted by Gasteiger charge is 2.19. The van der Waals surface area contributed by atoms with Crippen molar-refractivity contribution in [3.8, 4) is 0 Å². The highest BCUT2D eigenvalue weighted by molar-refractivity contribution is 6.42. The molecule has 1 aromatic carbocycles. The summed E-state index contributed by atoms with van der Waals surface area (Å²) in [6.45, 7) is 6.60. The van der Waals surface area contributed by atoms with Gasteiger partial charge in [0.25, 0.3) is 0 Å². The predicted octanol–water partition coefficient (Wildman–Crippen LogP) is 3.66. The average Bonchev–Trinajstić information content (AvgIpc) is 2.29. The maximum Gasteiger partial charge on any atom is 0.0595 e. The second-order valence-corrected chi connectivity index (χ2v) is 5.64. The van der Waals surface area contributed by atoms with Gasteiger partial charge in [-0.3, -0.25) is 11.3 Å². The first-order valence-corrected chi connectivity index (χ1v) is 6.61. The van der Waals surface area contributed by atoms with Crippen molar-refractivity contribution in [1.82, 2.24) is 5.43 Å². The zero-order valence-electron chi connectivity index (χ0n) is 10.5. The molecule has 0 saturated heterocycles. The smallest absolute Gasteiger partial charge is 0.0595 e. The highest BCUT2D eigenvalue weighted by atomic mass is 35.5. The van der Waals surface area contributed by atoms with Gasteiger partial charge in [-0.05, 0) is 36.0 Å². The largest absolute Gasteiger partial charge is 0.271 e. The molecule has 0 saturated carbocycles. The minimum atomic E-state index is 0.243. The lowest BCUT2D eigenvalue weighted by Gasteiger charge is -2.26. The summed E-state index contributed by atoms with van der Waals surface area (Å²) in [4.78, 5) is 0. The van der Waals surface area contributed by atoms with Gasteiger partial charge in [0.2, 0.25) is 0 Å². The van der Waals surface area contributed by atoms with E-state index >= 15 is 0 Å². The fourth-order valence-corrected chi connectivity index (χ4v) is 2.10.